The molecule has 3 saturated carbocycles. The SMILES string of the molecule is C[C@]12CC[C@@H](O)CC1=CC[C@@H]1C2CC[C@]2(C)C(=O)CC[C@@]12C. The molecule has 0 spiro atoms. The standard InChI is InChI=1S/C20H30O2/c1-18-9-6-14(21)12-13(18)4-5-16-15(18)7-10-20(3)17(22)8-11-19(16,20)2/h4,14-16,21H,5-12H2,1-3H3/t14-,15?,16-,18+,19+,20-/m1/s1. The summed E-state index contributed by atoms with van der Waals surface area (Å²) in [6.07, 6.45) is 10.6. The highest BCUT2D eigenvalue weighted by Gasteiger charge is 2.64. The Kier molecular flexibility index (Phi) is 3.03. The predicted octanol–water partition coefficient (Wildman–Crippen LogP) is 4.27. The lowest BCUT2D eigenvalue weighted by Gasteiger charge is -2.61. The fourth-order valence-corrected chi connectivity index (χ4v) is 6.76. The van der Waals surface area contributed by atoms with E-state index in [0.717, 1.165) is 44.9 Å². The predicted molar refractivity (Wildman–Crippen MR) is 87.3 cm³/mol. The molecule has 0 saturated heterocycles. The molecule has 4 aliphatic carbocycles. The van der Waals surface area contributed by atoms with Gasteiger partial charge in [0.1, 0.15) is 5.78 Å². The number of fused-ring (bicyclic) bond motifs is 5. The van der Waals surface area contributed by atoms with Crippen molar-refractivity contribution in [2.45, 2.75) is 78.2 Å². The van der Waals surface area contributed by atoms with Gasteiger partial charge in [-0.05, 0) is 67.6 Å². The molecule has 1 N–H and O–H groups in total. The van der Waals surface area contributed by atoms with E-state index >= 15 is 0 Å². The summed E-state index contributed by atoms with van der Waals surface area (Å²) in [4.78, 5) is 12.6. The zero-order chi connectivity index (χ0) is 15.8. The van der Waals surface area contributed by atoms with Crippen LogP contribution in [0.25, 0.3) is 0 Å². The van der Waals surface area contributed by atoms with Crippen LogP contribution in [0.1, 0.15) is 72.1 Å². The van der Waals surface area contributed by atoms with Crippen LogP contribution < -0.4 is 0 Å². The zero-order valence-electron chi connectivity index (χ0n) is 14.3. The number of aliphatic hydroxyl groups is 1. The number of aliphatic hydroxyl groups excluding tert-OH is 1. The van der Waals surface area contributed by atoms with Gasteiger partial charge in [-0.3, -0.25) is 4.79 Å². The van der Waals surface area contributed by atoms with E-state index in [1.165, 1.54) is 12.0 Å². The largest absolute Gasteiger partial charge is 0.393 e. The lowest BCUT2D eigenvalue weighted by atomic mass is 9.43. The van der Waals surface area contributed by atoms with Crippen LogP contribution in [-0.2, 0) is 4.79 Å². The van der Waals surface area contributed by atoms with E-state index in [9.17, 15) is 9.90 Å². The quantitative estimate of drug-likeness (QED) is 0.679. The Morgan fingerprint density at radius 2 is 1.86 bits per heavy atom. The van der Waals surface area contributed by atoms with Crippen molar-refractivity contribution in [1.29, 1.82) is 0 Å². The van der Waals surface area contributed by atoms with Gasteiger partial charge in [0.25, 0.3) is 0 Å². The fourth-order valence-electron chi connectivity index (χ4n) is 6.76. The highest BCUT2D eigenvalue weighted by Crippen LogP contribution is 2.69. The first kappa shape index (κ1) is 14.9. The lowest BCUT2D eigenvalue weighted by molar-refractivity contribution is -0.141. The van der Waals surface area contributed by atoms with Crippen molar-refractivity contribution in [2.75, 3.05) is 0 Å². The lowest BCUT2D eigenvalue weighted by Crippen LogP contribution is -2.55. The van der Waals surface area contributed by atoms with Gasteiger partial charge in [-0.2, -0.15) is 0 Å². The Balaban J connectivity index is 1.75. The van der Waals surface area contributed by atoms with Gasteiger partial charge >= 0.3 is 0 Å². The molecule has 3 fully saturated rings. The molecule has 4 rings (SSSR count). The molecule has 6 atom stereocenters. The van der Waals surface area contributed by atoms with Gasteiger partial charge in [0.05, 0.1) is 6.10 Å². The average molecular weight is 302 g/mol. The van der Waals surface area contributed by atoms with E-state index in [1.807, 2.05) is 0 Å². The second-order valence-electron chi connectivity index (χ2n) is 9.20. The molecule has 2 nitrogen and oxygen atoms in total. The normalized spacial score (nSPS) is 54.3. The molecule has 0 amide bonds. The van der Waals surface area contributed by atoms with Gasteiger partial charge in [0.2, 0.25) is 0 Å². The first-order valence-corrected chi connectivity index (χ1v) is 9.22. The van der Waals surface area contributed by atoms with Crippen molar-refractivity contribution in [3.05, 3.63) is 11.6 Å². The van der Waals surface area contributed by atoms with E-state index in [1.54, 1.807) is 0 Å². The van der Waals surface area contributed by atoms with Crippen molar-refractivity contribution in [1.82, 2.24) is 0 Å². The summed E-state index contributed by atoms with van der Waals surface area (Å²) in [5.41, 5.74) is 1.90. The van der Waals surface area contributed by atoms with Crippen LogP contribution in [0, 0.1) is 28.1 Å². The molecule has 0 bridgehead atoms. The minimum atomic E-state index is -0.131. The number of carbonyl (C=O) groups is 1. The first-order valence-electron chi connectivity index (χ1n) is 9.22. The number of ketones is 1. The highest BCUT2D eigenvalue weighted by molar-refractivity contribution is 5.88. The molecule has 0 aromatic carbocycles. The van der Waals surface area contributed by atoms with E-state index in [4.69, 9.17) is 0 Å². The summed E-state index contributed by atoms with van der Waals surface area (Å²) in [6, 6.07) is 0. The topological polar surface area (TPSA) is 37.3 Å². The van der Waals surface area contributed by atoms with Crippen LogP contribution in [0.4, 0.5) is 0 Å². The molecule has 0 aliphatic heterocycles. The maximum absolute atomic E-state index is 12.6. The molecule has 0 heterocycles. The van der Waals surface area contributed by atoms with Gasteiger partial charge in [-0.25, -0.2) is 0 Å². The van der Waals surface area contributed by atoms with E-state index in [-0.39, 0.29) is 22.3 Å². The maximum atomic E-state index is 12.6. The third-order valence-electron chi connectivity index (χ3n) is 8.63. The van der Waals surface area contributed by atoms with Crippen molar-refractivity contribution >= 4 is 5.78 Å². The second kappa shape index (κ2) is 4.47. The molecule has 4 aliphatic rings. The minimum absolute atomic E-state index is 0.0793. The highest BCUT2D eigenvalue weighted by atomic mass is 16.3. The summed E-state index contributed by atoms with van der Waals surface area (Å²) in [6.45, 7) is 7.11. The fraction of sp³-hybridized carbons (Fsp3) is 0.850. The number of Topliss-reactive ketones (excluding diaryl/α,β-unsaturated/α-hetero) is 1. The van der Waals surface area contributed by atoms with Crippen LogP contribution in [0.5, 0.6) is 0 Å². The average Bonchev–Trinajstić information content (AvgIpc) is 2.72. The van der Waals surface area contributed by atoms with Crippen molar-refractivity contribution in [2.24, 2.45) is 28.1 Å². The summed E-state index contributed by atoms with van der Waals surface area (Å²) in [7, 11) is 0. The molecular formula is C20H30O2. The van der Waals surface area contributed by atoms with Crippen LogP contribution in [0.15, 0.2) is 11.6 Å². The van der Waals surface area contributed by atoms with Crippen LogP contribution in [0.2, 0.25) is 0 Å². The Morgan fingerprint density at radius 1 is 1.09 bits per heavy atom. The molecule has 2 heteroatoms. The van der Waals surface area contributed by atoms with Gasteiger partial charge in [-0.15, -0.1) is 0 Å². The van der Waals surface area contributed by atoms with E-state index in [0.29, 0.717) is 17.6 Å². The molecule has 1 unspecified atom stereocenters. The molecule has 0 aromatic heterocycles. The second-order valence-corrected chi connectivity index (χ2v) is 9.20. The molecule has 0 aromatic rings. The summed E-state index contributed by atoms with van der Waals surface area (Å²) < 4.78 is 0. The number of hydrogen-bond acceptors (Lipinski definition) is 2. The van der Waals surface area contributed by atoms with Gasteiger partial charge in [0.15, 0.2) is 0 Å². The Labute approximate surface area is 134 Å². The Hall–Kier alpha value is -0.630. The maximum Gasteiger partial charge on any atom is 0.139 e. The van der Waals surface area contributed by atoms with Crippen LogP contribution in [0.3, 0.4) is 0 Å². The van der Waals surface area contributed by atoms with Gasteiger partial charge in [0, 0.05) is 11.8 Å². The number of carbonyl (C=O) groups excluding carboxylic acids is 1. The number of hydrogen-bond donors (Lipinski definition) is 1. The van der Waals surface area contributed by atoms with Gasteiger partial charge in [-0.1, -0.05) is 32.4 Å². The zero-order valence-corrected chi connectivity index (χ0v) is 14.3. The third-order valence-corrected chi connectivity index (χ3v) is 8.63. The molecular weight excluding hydrogens is 272 g/mol. The van der Waals surface area contributed by atoms with Gasteiger partial charge < -0.3 is 5.11 Å². The van der Waals surface area contributed by atoms with E-state index < -0.39 is 0 Å². The van der Waals surface area contributed by atoms with Crippen molar-refractivity contribution < 1.29 is 9.90 Å². The van der Waals surface area contributed by atoms with Crippen molar-refractivity contribution in [3.8, 4) is 0 Å². The first-order chi connectivity index (χ1) is 10.3. The molecule has 0 radical (unpaired) electrons. The van der Waals surface area contributed by atoms with Crippen LogP contribution >= 0.6 is 0 Å². The Morgan fingerprint density at radius 3 is 2.64 bits per heavy atom. The summed E-state index contributed by atoms with van der Waals surface area (Å²) in [5.74, 6) is 1.89. The smallest absolute Gasteiger partial charge is 0.139 e. The third kappa shape index (κ3) is 1.63. The molecule has 22 heavy (non-hydrogen) atoms. The minimum Gasteiger partial charge on any atom is -0.393 e. The summed E-state index contributed by atoms with van der Waals surface area (Å²) >= 11 is 0. The monoisotopic (exact) mass is 302 g/mol. The number of allylic oxidation sites excluding steroid dienone is 1. The van der Waals surface area contributed by atoms with Crippen molar-refractivity contribution in [3.63, 3.8) is 0 Å². The van der Waals surface area contributed by atoms with Crippen LogP contribution in [-0.4, -0.2) is 17.0 Å². The number of rotatable bonds is 0. The summed E-state index contributed by atoms with van der Waals surface area (Å²) in [5, 5.41) is 10.0. The Bertz CT molecular complexity index is 550. The van der Waals surface area contributed by atoms with E-state index in [2.05, 4.69) is 26.8 Å². The molecule has 122 valence electrons.